The molecule has 0 unspecified atom stereocenters. The fourth-order valence-corrected chi connectivity index (χ4v) is 5.29. The van der Waals surface area contributed by atoms with Crippen LogP contribution in [0.5, 0.6) is 11.5 Å². The van der Waals surface area contributed by atoms with Gasteiger partial charge in [-0.25, -0.2) is 0 Å². The molecule has 5 nitrogen and oxygen atoms in total. The van der Waals surface area contributed by atoms with Gasteiger partial charge < -0.3 is 20.1 Å². The summed E-state index contributed by atoms with van der Waals surface area (Å²) in [6.07, 6.45) is 2.85. The van der Waals surface area contributed by atoms with Gasteiger partial charge in [0.25, 0.3) is 5.91 Å². The van der Waals surface area contributed by atoms with Crippen LogP contribution in [0, 0.1) is 0 Å². The number of ether oxygens (including phenoxy) is 2. The van der Waals surface area contributed by atoms with Gasteiger partial charge in [-0.2, -0.15) is 0 Å². The van der Waals surface area contributed by atoms with Crippen LogP contribution in [0.2, 0.25) is 5.02 Å². The molecular weight excluding hydrogens is 548 g/mol. The highest BCUT2D eigenvalue weighted by molar-refractivity contribution is 9.10. The van der Waals surface area contributed by atoms with Gasteiger partial charge in [0.05, 0.1) is 16.0 Å². The van der Waals surface area contributed by atoms with E-state index >= 15 is 0 Å². The number of halogens is 2. The Morgan fingerprint density at radius 2 is 1.89 bits per heavy atom. The molecule has 1 heterocycles. The van der Waals surface area contributed by atoms with Crippen molar-refractivity contribution in [1.29, 1.82) is 0 Å². The van der Waals surface area contributed by atoms with Crippen molar-refractivity contribution in [3.63, 3.8) is 0 Å². The third kappa shape index (κ3) is 6.54. The zero-order chi connectivity index (χ0) is 24.8. The minimum atomic E-state index is -0.241. The lowest BCUT2D eigenvalue weighted by Gasteiger charge is -2.15. The molecule has 2 N–H and O–H groups in total. The molecule has 0 aromatic heterocycles. The summed E-state index contributed by atoms with van der Waals surface area (Å²) < 4.78 is 12.6. The molecule has 0 spiro atoms. The maximum absolute atomic E-state index is 12.6. The summed E-state index contributed by atoms with van der Waals surface area (Å²) in [6, 6.07) is 19.6. The normalized spacial score (nSPS) is 16.3. The smallest absolute Gasteiger partial charge is 0.260 e. The predicted molar refractivity (Wildman–Crippen MR) is 148 cm³/mol. The fraction of sp³-hybridized carbons (Fsp3) is 0.222. The Morgan fingerprint density at radius 1 is 1.11 bits per heavy atom. The quantitative estimate of drug-likeness (QED) is 0.264. The first-order valence-electron chi connectivity index (χ1n) is 11.3. The lowest BCUT2D eigenvalue weighted by molar-refractivity contribution is -0.116. The van der Waals surface area contributed by atoms with Crippen molar-refractivity contribution < 1.29 is 14.3 Å². The second-order valence-corrected chi connectivity index (χ2v) is 10.2. The lowest BCUT2D eigenvalue weighted by atomic mass is 10.1. The largest absolute Gasteiger partial charge is 0.490 e. The van der Waals surface area contributed by atoms with Crippen molar-refractivity contribution in [3.8, 4) is 11.5 Å². The fourth-order valence-electron chi connectivity index (χ4n) is 3.54. The molecule has 1 amide bonds. The van der Waals surface area contributed by atoms with E-state index in [1.54, 1.807) is 0 Å². The van der Waals surface area contributed by atoms with E-state index in [1.807, 2.05) is 61.5 Å². The molecule has 1 fully saturated rings. The first-order valence-corrected chi connectivity index (χ1v) is 13.4. The summed E-state index contributed by atoms with van der Waals surface area (Å²) in [5.74, 6) is 1.06. The average molecular weight is 574 g/mol. The molecule has 3 aromatic carbocycles. The van der Waals surface area contributed by atoms with Crippen LogP contribution in [0.3, 0.4) is 0 Å². The Kier molecular flexibility index (Phi) is 8.65. The number of amides is 1. The number of carbonyl (C=O) groups is 1. The number of nitrogens with one attached hydrogen (secondary N) is 2. The topological polar surface area (TPSA) is 59.6 Å². The molecular formula is C27H26BrClN2O3S. The molecule has 0 aliphatic carbocycles. The monoisotopic (exact) mass is 572 g/mol. The number of thioether (sulfide) groups is 1. The maximum atomic E-state index is 12.6. The summed E-state index contributed by atoms with van der Waals surface area (Å²) in [5, 5.41) is 6.98. The van der Waals surface area contributed by atoms with Gasteiger partial charge in [0.15, 0.2) is 17.0 Å². The van der Waals surface area contributed by atoms with Gasteiger partial charge in [-0.05, 0) is 76.8 Å². The molecule has 0 saturated carbocycles. The Labute approximate surface area is 223 Å². The predicted octanol–water partition coefficient (Wildman–Crippen LogP) is 7.24. The minimum absolute atomic E-state index is 0.120. The summed E-state index contributed by atoms with van der Waals surface area (Å²) >= 11 is 11.3. The van der Waals surface area contributed by atoms with Crippen LogP contribution in [0.4, 0.5) is 5.69 Å². The Hall–Kier alpha value is -2.61. The van der Waals surface area contributed by atoms with E-state index < -0.39 is 0 Å². The summed E-state index contributed by atoms with van der Waals surface area (Å²) in [6.45, 7) is 4.83. The number of hydrogen-bond donors (Lipinski definition) is 2. The van der Waals surface area contributed by atoms with Gasteiger partial charge in [-0.3, -0.25) is 4.79 Å². The van der Waals surface area contributed by atoms with Crippen molar-refractivity contribution in [3.05, 3.63) is 91.8 Å². The number of anilines is 1. The van der Waals surface area contributed by atoms with Crippen LogP contribution in [-0.2, 0) is 17.8 Å². The highest BCUT2D eigenvalue weighted by atomic mass is 79.9. The van der Waals surface area contributed by atoms with Crippen LogP contribution in [0.1, 0.15) is 30.5 Å². The molecule has 1 aliphatic rings. The van der Waals surface area contributed by atoms with Gasteiger partial charge >= 0.3 is 0 Å². The van der Waals surface area contributed by atoms with E-state index in [0.29, 0.717) is 34.6 Å². The zero-order valence-corrected chi connectivity index (χ0v) is 22.6. The number of rotatable bonds is 9. The molecule has 8 heteroatoms. The molecule has 1 saturated heterocycles. The minimum Gasteiger partial charge on any atom is -0.490 e. The third-order valence-electron chi connectivity index (χ3n) is 5.35. The Morgan fingerprint density at radius 3 is 2.60 bits per heavy atom. The van der Waals surface area contributed by atoms with Gasteiger partial charge in [-0.15, -0.1) is 0 Å². The number of benzene rings is 3. The van der Waals surface area contributed by atoms with Crippen LogP contribution < -0.4 is 20.1 Å². The van der Waals surface area contributed by atoms with Gasteiger partial charge in [-0.1, -0.05) is 60.6 Å². The second kappa shape index (κ2) is 11.9. The van der Waals surface area contributed by atoms with Crippen molar-refractivity contribution in [2.75, 3.05) is 11.9 Å². The molecule has 35 heavy (non-hydrogen) atoms. The van der Waals surface area contributed by atoms with E-state index in [1.165, 1.54) is 17.3 Å². The van der Waals surface area contributed by atoms with Crippen LogP contribution in [0.15, 0.2) is 70.0 Å². The van der Waals surface area contributed by atoms with E-state index in [9.17, 15) is 4.79 Å². The van der Waals surface area contributed by atoms with Crippen molar-refractivity contribution >= 4 is 57.0 Å². The van der Waals surface area contributed by atoms with Crippen LogP contribution in [-0.4, -0.2) is 18.0 Å². The molecule has 4 rings (SSSR count). The molecule has 3 aromatic rings. The maximum Gasteiger partial charge on any atom is 0.260 e. The highest BCUT2D eigenvalue weighted by Gasteiger charge is 2.27. The van der Waals surface area contributed by atoms with Gasteiger partial charge in [0.1, 0.15) is 6.61 Å². The summed E-state index contributed by atoms with van der Waals surface area (Å²) in [4.78, 5) is 13.2. The summed E-state index contributed by atoms with van der Waals surface area (Å²) in [7, 11) is 0. The Bertz CT molecular complexity index is 1230. The molecule has 1 atom stereocenters. The third-order valence-corrected chi connectivity index (χ3v) is 7.34. The van der Waals surface area contributed by atoms with Gasteiger partial charge in [0, 0.05) is 16.3 Å². The molecule has 1 aliphatic heterocycles. The number of aryl methyl sites for hydroxylation is 1. The Balaban J connectivity index is 1.50. The number of carbonyl (C=O) groups excluding carboxylic acids is 1. The lowest BCUT2D eigenvalue weighted by Crippen LogP contribution is -2.30. The van der Waals surface area contributed by atoms with E-state index in [2.05, 4.69) is 45.6 Å². The first-order chi connectivity index (χ1) is 17.0. The van der Waals surface area contributed by atoms with Crippen molar-refractivity contribution in [1.82, 2.24) is 5.32 Å². The first kappa shape index (κ1) is 25.5. The molecule has 0 radical (unpaired) electrons. The zero-order valence-electron chi connectivity index (χ0n) is 19.4. The van der Waals surface area contributed by atoms with Gasteiger partial charge in [0.2, 0.25) is 0 Å². The highest BCUT2D eigenvalue weighted by Crippen LogP contribution is 2.39. The van der Waals surface area contributed by atoms with Crippen LogP contribution in [0.25, 0.3) is 6.08 Å². The standard InChI is InChI=1S/C27H26BrClN2O3S/c1-3-17-9-11-20(12-10-17)30-27-31-26(32)24(35-27)15-18-13-21(28)25(23(14-18)33-4-2)34-16-19-7-5-6-8-22(19)29/h5-15,27,30H,3-4,16H2,1-2H3,(H,31,32)/b24-15-/t27-/m0/s1. The van der Waals surface area contributed by atoms with E-state index in [4.69, 9.17) is 21.1 Å². The number of hydrogen-bond acceptors (Lipinski definition) is 5. The van der Waals surface area contributed by atoms with E-state index in [0.717, 1.165) is 27.7 Å². The van der Waals surface area contributed by atoms with Crippen molar-refractivity contribution in [2.24, 2.45) is 0 Å². The second-order valence-electron chi connectivity index (χ2n) is 7.82. The molecule has 0 bridgehead atoms. The summed E-state index contributed by atoms with van der Waals surface area (Å²) in [5.41, 5.74) is 3.71. The molecule has 182 valence electrons. The average Bonchev–Trinajstić information content (AvgIpc) is 3.18. The van der Waals surface area contributed by atoms with E-state index in [-0.39, 0.29) is 11.4 Å². The van der Waals surface area contributed by atoms with Crippen LogP contribution >= 0.6 is 39.3 Å². The SMILES string of the molecule is CCOc1cc(/C=C2\S[C@@H](Nc3ccc(CC)cc3)NC2=O)cc(Br)c1OCc1ccccc1Cl. The van der Waals surface area contributed by atoms with Crippen molar-refractivity contribution in [2.45, 2.75) is 32.4 Å².